The Morgan fingerprint density at radius 2 is 2.14 bits per heavy atom. The molecule has 0 amide bonds. The van der Waals surface area contributed by atoms with E-state index in [9.17, 15) is 14.0 Å². The fourth-order valence-corrected chi connectivity index (χ4v) is 1.26. The second-order valence-electron chi connectivity index (χ2n) is 2.83. The van der Waals surface area contributed by atoms with Crippen molar-refractivity contribution < 1.29 is 14.0 Å². The Morgan fingerprint density at radius 1 is 1.50 bits per heavy atom. The molecule has 0 fully saturated rings. The molecule has 0 atom stereocenters. The van der Waals surface area contributed by atoms with Gasteiger partial charge in [-0.2, -0.15) is 4.99 Å². The Hall–Kier alpha value is -1.80. The quantitative estimate of drug-likeness (QED) is 0.411. The first-order valence-electron chi connectivity index (χ1n) is 3.96. The third kappa shape index (κ3) is 1.75. The van der Waals surface area contributed by atoms with Crippen LogP contribution < -0.4 is 0 Å². The van der Waals surface area contributed by atoms with E-state index in [-0.39, 0.29) is 22.6 Å². The summed E-state index contributed by atoms with van der Waals surface area (Å²) < 4.78 is 13.1. The number of rotatable bonds is 2. The van der Waals surface area contributed by atoms with Crippen LogP contribution in [0.1, 0.15) is 22.8 Å². The molecule has 4 heteroatoms. The molecule has 0 radical (unpaired) electrons. The molecule has 0 heterocycles. The van der Waals surface area contributed by atoms with Crippen LogP contribution in [-0.4, -0.2) is 11.9 Å². The Kier molecular flexibility index (Phi) is 2.89. The highest BCUT2D eigenvalue weighted by Gasteiger charge is 2.13. The summed E-state index contributed by atoms with van der Waals surface area (Å²) in [5.74, 6) is -0.809. The third-order valence-electron chi connectivity index (χ3n) is 1.90. The molecule has 0 saturated carbocycles. The fraction of sp³-hybridized carbons (Fsp3) is 0.200. The van der Waals surface area contributed by atoms with Crippen LogP contribution in [0.3, 0.4) is 0 Å². The van der Waals surface area contributed by atoms with Gasteiger partial charge in [-0.25, -0.2) is 9.18 Å². The lowest BCUT2D eigenvalue weighted by Crippen LogP contribution is -1.99. The van der Waals surface area contributed by atoms with E-state index in [4.69, 9.17) is 0 Å². The van der Waals surface area contributed by atoms with Crippen molar-refractivity contribution in [3.63, 3.8) is 0 Å². The number of carbonyl (C=O) groups excluding carboxylic acids is 2. The Balaban J connectivity index is 3.52. The van der Waals surface area contributed by atoms with Gasteiger partial charge in [0.25, 0.3) is 0 Å². The average molecular weight is 193 g/mol. The zero-order valence-electron chi connectivity index (χ0n) is 7.80. The second kappa shape index (κ2) is 3.94. The molecule has 72 valence electrons. The van der Waals surface area contributed by atoms with Gasteiger partial charge in [0.15, 0.2) is 5.78 Å². The Bertz CT molecular complexity index is 434. The van der Waals surface area contributed by atoms with Gasteiger partial charge in [0, 0.05) is 5.56 Å². The van der Waals surface area contributed by atoms with Crippen LogP contribution in [0.25, 0.3) is 0 Å². The van der Waals surface area contributed by atoms with Crippen molar-refractivity contribution in [3.05, 3.63) is 29.1 Å². The molecule has 0 aliphatic carbocycles. The summed E-state index contributed by atoms with van der Waals surface area (Å²) in [5, 5.41) is 0. The van der Waals surface area contributed by atoms with E-state index in [1.807, 2.05) is 0 Å². The molecule has 0 aromatic heterocycles. The first kappa shape index (κ1) is 10.3. The van der Waals surface area contributed by atoms with E-state index in [1.54, 1.807) is 0 Å². The molecule has 1 rings (SSSR count). The average Bonchev–Trinajstić information content (AvgIpc) is 2.11. The Labute approximate surface area is 80.3 Å². The van der Waals surface area contributed by atoms with Crippen LogP contribution in [-0.2, 0) is 4.79 Å². The number of ketones is 1. The predicted molar refractivity (Wildman–Crippen MR) is 48.9 cm³/mol. The van der Waals surface area contributed by atoms with Gasteiger partial charge in [0.1, 0.15) is 5.82 Å². The summed E-state index contributed by atoms with van der Waals surface area (Å²) >= 11 is 0. The number of hydrogen-bond acceptors (Lipinski definition) is 3. The molecule has 0 aliphatic heterocycles. The first-order chi connectivity index (χ1) is 6.57. The van der Waals surface area contributed by atoms with Crippen LogP contribution in [0.5, 0.6) is 0 Å². The van der Waals surface area contributed by atoms with Gasteiger partial charge in [-0.1, -0.05) is 0 Å². The van der Waals surface area contributed by atoms with Crippen molar-refractivity contribution in [1.29, 1.82) is 0 Å². The lowest BCUT2D eigenvalue weighted by molar-refractivity contribution is 0.101. The van der Waals surface area contributed by atoms with E-state index >= 15 is 0 Å². The van der Waals surface area contributed by atoms with Gasteiger partial charge in [0.05, 0.1) is 5.69 Å². The van der Waals surface area contributed by atoms with Crippen LogP contribution in [0.2, 0.25) is 0 Å². The van der Waals surface area contributed by atoms with Crippen molar-refractivity contribution in [1.82, 2.24) is 0 Å². The summed E-state index contributed by atoms with van der Waals surface area (Å²) in [5.41, 5.74) is 0.494. The maximum Gasteiger partial charge on any atom is 0.240 e. The molecule has 0 unspecified atom stereocenters. The molecule has 0 saturated heterocycles. The van der Waals surface area contributed by atoms with E-state index in [2.05, 4.69) is 4.99 Å². The number of nitrogens with zero attached hydrogens (tertiary/aromatic N) is 1. The summed E-state index contributed by atoms with van der Waals surface area (Å²) in [4.78, 5) is 24.5. The normalized spacial score (nSPS) is 9.36. The summed E-state index contributed by atoms with van der Waals surface area (Å²) in [6, 6.07) is 2.45. The first-order valence-corrected chi connectivity index (χ1v) is 3.96. The third-order valence-corrected chi connectivity index (χ3v) is 1.90. The van der Waals surface area contributed by atoms with Crippen LogP contribution in [0.15, 0.2) is 17.1 Å². The van der Waals surface area contributed by atoms with Gasteiger partial charge in [-0.3, -0.25) is 4.79 Å². The molecule has 0 bridgehead atoms. The number of halogens is 1. The van der Waals surface area contributed by atoms with E-state index in [0.717, 1.165) is 6.07 Å². The molecular formula is C10H8FNO2. The largest absolute Gasteiger partial charge is 0.294 e. The SMILES string of the molecule is CC(=O)c1c(N=C=O)ccc(F)c1C. The van der Waals surface area contributed by atoms with Crippen LogP contribution >= 0.6 is 0 Å². The van der Waals surface area contributed by atoms with E-state index in [0.29, 0.717) is 0 Å². The minimum atomic E-state index is -0.486. The molecule has 0 aliphatic rings. The molecule has 1 aromatic carbocycles. The lowest BCUT2D eigenvalue weighted by atomic mass is 10.0. The van der Waals surface area contributed by atoms with Gasteiger partial charge < -0.3 is 0 Å². The summed E-state index contributed by atoms with van der Waals surface area (Å²) in [6.07, 6.45) is 1.33. The topological polar surface area (TPSA) is 46.5 Å². The van der Waals surface area contributed by atoms with Crippen molar-refractivity contribution in [2.24, 2.45) is 4.99 Å². The lowest BCUT2D eigenvalue weighted by Gasteiger charge is -2.05. The number of benzene rings is 1. The predicted octanol–water partition coefficient (Wildman–Crippen LogP) is 2.30. The van der Waals surface area contributed by atoms with Crippen LogP contribution in [0.4, 0.5) is 10.1 Å². The molecule has 1 aromatic rings. The monoisotopic (exact) mass is 193 g/mol. The zero-order chi connectivity index (χ0) is 10.7. The standard InChI is InChI=1S/C10H8FNO2/c1-6-8(11)3-4-9(12-5-13)10(6)7(2)14/h3-4H,1-2H3. The molecule has 3 nitrogen and oxygen atoms in total. The number of Topliss-reactive ketones (excluding diaryl/α,β-unsaturated/α-hetero) is 1. The highest BCUT2D eigenvalue weighted by Crippen LogP contribution is 2.24. The van der Waals surface area contributed by atoms with Gasteiger partial charge in [-0.15, -0.1) is 0 Å². The minimum absolute atomic E-state index is 0.133. The Morgan fingerprint density at radius 3 is 2.64 bits per heavy atom. The van der Waals surface area contributed by atoms with Crippen molar-refractivity contribution >= 4 is 17.6 Å². The molecule has 0 spiro atoms. The number of carbonyl (C=O) groups is 1. The smallest absolute Gasteiger partial charge is 0.240 e. The van der Waals surface area contributed by atoms with Crippen molar-refractivity contribution in [2.45, 2.75) is 13.8 Å². The number of isocyanates is 1. The van der Waals surface area contributed by atoms with Crippen molar-refractivity contribution in [3.8, 4) is 0 Å². The zero-order valence-corrected chi connectivity index (χ0v) is 7.80. The summed E-state index contributed by atoms with van der Waals surface area (Å²) in [6.45, 7) is 2.77. The maximum absolute atomic E-state index is 13.1. The molecule has 0 N–H and O–H groups in total. The van der Waals surface area contributed by atoms with E-state index < -0.39 is 5.82 Å². The summed E-state index contributed by atoms with van der Waals surface area (Å²) in [7, 11) is 0. The van der Waals surface area contributed by atoms with Gasteiger partial charge in [0.2, 0.25) is 6.08 Å². The molecular weight excluding hydrogens is 185 g/mol. The maximum atomic E-state index is 13.1. The number of hydrogen-bond donors (Lipinski definition) is 0. The highest BCUT2D eigenvalue weighted by molar-refractivity contribution is 6.00. The highest BCUT2D eigenvalue weighted by atomic mass is 19.1. The van der Waals surface area contributed by atoms with Gasteiger partial charge in [-0.05, 0) is 31.5 Å². The van der Waals surface area contributed by atoms with Gasteiger partial charge >= 0.3 is 0 Å². The minimum Gasteiger partial charge on any atom is -0.294 e. The van der Waals surface area contributed by atoms with Crippen LogP contribution in [0, 0.1) is 12.7 Å². The second-order valence-corrected chi connectivity index (χ2v) is 2.83. The molecule has 14 heavy (non-hydrogen) atoms. The van der Waals surface area contributed by atoms with E-state index in [1.165, 1.54) is 26.0 Å². The number of aliphatic imine (C=N–C) groups is 1. The van der Waals surface area contributed by atoms with Crippen molar-refractivity contribution in [2.75, 3.05) is 0 Å². The fourth-order valence-electron chi connectivity index (χ4n) is 1.26.